The van der Waals surface area contributed by atoms with Crippen molar-refractivity contribution in [2.45, 2.75) is 26.9 Å². The average Bonchev–Trinajstić information content (AvgIpc) is 2.64. The summed E-state index contributed by atoms with van der Waals surface area (Å²) in [6, 6.07) is 12.1. The molecule has 0 fully saturated rings. The largest absolute Gasteiger partial charge is 0.479 e. The van der Waals surface area contributed by atoms with Gasteiger partial charge < -0.3 is 18.6 Å². The van der Waals surface area contributed by atoms with Crippen LogP contribution in [0.25, 0.3) is 11.0 Å². The Morgan fingerprint density at radius 1 is 1.15 bits per heavy atom. The molecule has 0 unspecified atom stereocenters. The number of rotatable bonds is 6. The lowest BCUT2D eigenvalue weighted by atomic mass is 10.2. The van der Waals surface area contributed by atoms with Gasteiger partial charge in [0.1, 0.15) is 23.3 Å². The molecule has 2 aromatic carbocycles. The summed E-state index contributed by atoms with van der Waals surface area (Å²) in [7, 11) is 0. The Balaban J connectivity index is 1.85. The molecule has 1 aromatic heterocycles. The minimum atomic E-state index is -0.766. The first-order valence-electron chi connectivity index (χ1n) is 8.61. The fourth-order valence-corrected chi connectivity index (χ4v) is 2.55. The molecule has 0 N–H and O–H groups in total. The van der Waals surface area contributed by atoms with Crippen LogP contribution < -0.4 is 14.9 Å². The van der Waals surface area contributed by atoms with Crippen LogP contribution in [0.5, 0.6) is 17.2 Å². The number of esters is 1. The van der Waals surface area contributed by atoms with Crippen LogP contribution in [0.3, 0.4) is 0 Å². The second-order valence-electron chi connectivity index (χ2n) is 6.02. The molecular weight excluding hydrogens is 348 g/mol. The second kappa shape index (κ2) is 7.95. The molecule has 0 aliphatic rings. The quantitative estimate of drug-likeness (QED) is 0.606. The summed E-state index contributed by atoms with van der Waals surface area (Å²) in [5.74, 6) is 0.603. The van der Waals surface area contributed by atoms with Crippen molar-refractivity contribution in [2.75, 3.05) is 6.61 Å². The number of benzene rings is 2. The smallest absolute Gasteiger partial charge is 0.347 e. The van der Waals surface area contributed by atoms with Crippen molar-refractivity contribution in [2.24, 2.45) is 0 Å². The minimum absolute atomic E-state index is 0.0988. The van der Waals surface area contributed by atoms with E-state index in [-0.39, 0.29) is 17.8 Å². The molecule has 140 valence electrons. The molecule has 0 amide bonds. The molecule has 0 bridgehead atoms. The summed E-state index contributed by atoms with van der Waals surface area (Å²) in [4.78, 5) is 24.3. The third-order valence-electron chi connectivity index (χ3n) is 3.86. The van der Waals surface area contributed by atoms with E-state index in [4.69, 9.17) is 18.6 Å². The van der Waals surface area contributed by atoms with Crippen LogP contribution in [0.15, 0.2) is 57.9 Å². The van der Waals surface area contributed by atoms with Gasteiger partial charge in [0, 0.05) is 6.07 Å². The van der Waals surface area contributed by atoms with E-state index < -0.39 is 12.1 Å². The van der Waals surface area contributed by atoms with Gasteiger partial charge in [0.2, 0.25) is 11.2 Å². The topological polar surface area (TPSA) is 75.0 Å². The molecule has 0 saturated heterocycles. The van der Waals surface area contributed by atoms with E-state index in [9.17, 15) is 9.59 Å². The monoisotopic (exact) mass is 368 g/mol. The van der Waals surface area contributed by atoms with Crippen LogP contribution in [-0.2, 0) is 9.53 Å². The van der Waals surface area contributed by atoms with Crippen LogP contribution in [-0.4, -0.2) is 18.7 Å². The van der Waals surface area contributed by atoms with Gasteiger partial charge in [-0.15, -0.1) is 0 Å². The lowest BCUT2D eigenvalue weighted by Gasteiger charge is -2.13. The van der Waals surface area contributed by atoms with Crippen LogP contribution in [0.1, 0.15) is 19.4 Å². The van der Waals surface area contributed by atoms with Crippen molar-refractivity contribution < 1.29 is 23.4 Å². The first kappa shape index (κ1) is 18.5. The number of carbonyl (C=O) groups excluding carboxylic acids is 1. The number of ether oxygens (including phenoxy) is 3. The van der Waals surface area contributed by atoms with Crippen LogP contribution in [0, 0.1) is 6.92 Å². The number of aryl methyl sites for hydroxylation is 1. The summed E-state index contributed by atoms with van der Waals surface area (Å²) in [6.45, 7) is 5.54. The maximum Gasteiger partial charge on any atom is 0.347 e. The fourth-order valence-electron chi connectivity index (χ4n) is 2.55. The van der Waals surface area contributed by atoms with E-state index in [2.05, 4.69) is 0 Å². The maximum absolute atomic E-state index is 12.6. The molecular formula is C21H20O6. The molecule has 27 heavy (non-hydrogen) atoms. The molecule has 6 nitrogen and oxygen atoms in total. The molecule has 0 saturated carbocycles. The highest BCUT2D eigenvalue weighted by Gasteiger charge is 2.17. The maximum atomic E-state index is 12.6. The zero-order chi connectivity index (χ0) is 19.4. The van der Waals surface area contributed by atoms with Gasteiger partial charge in [-0.25, -0.2) is 4.79 Å². The van der Waals surface area contributed by atoms with E-state index in [1.165, 1.54) is 6.26 Å². The van der Waals surface area contributed by atoms with Crippen molar-refractivity contribution in [1.29, 1.82) is 0 Å². The van der Waals surface area contributed by atoms with Gasteiger partial charge in [0.05, 0.1) is 12.0 Å². The highest BCUT2D eigenvalue weighted by Crippen LogP contribution is 2.25. The van der Waals surface area contributed by atoms with Gasteiger partial charge in [-0.3, -0.25) is 4.79 Å². The molecule has 0 radical (unpaired) electrons. The van der Waals surface area contributed by atoms with Crippen LogP contribution >= 0.6 is 0 Å². The van der Waals surface area contributed by atoms with Crippen molar-refractivity contribution >= 4 is 16.9 Å². The lowest BCUT2D eigenvalue weighted by molar-refractivity contribution is -0.150. The normalized spacial score (nSPS) is 11.8. The first-order chi connectivity index (χ1) is 13.0. The Morgan fingerprint density at radius 3 is 2.70 bits per heavy atom. The number of hydrogen-bond acceptors (Lipinski definition) is 6. The van der Waals surface area contributed by atoms with E-state index >= 15 is 0 Å². The summed E-state index contributed by atoms with van der Waals surface area (Å²) in [5.41, 5.74) is 1.07. The first-order valence-corrected chi connectivity index (χ1v) is 8.61. The predicted octanol–water partition coefficient (Wildman–Crippen LogP) is 4.22. The number of carbonyl (C=O) groups is 1. The van der Waals surface area contributed by atoms with Crippen molar-refractivity contribution in [3.63, 3.8) is 0 Å². The summed E-state index contributed by atoms with van der Waals surface area (Å²) < 4.78 is 21.6. The van der Waals surface area contributed by atoms with Crippen LogP contribution in [0.2, 0.25) is 0 Å². The highest BCUT2D eigenvalue weighted by molar-refractivity contribution is 5.79. The Kier molecular flexibility index (Phi) is 5.45. The third kappa shape index (κ3) is 4.28. The lowest BCUT2D eigenvalue weighted by Crippen LogP contribution is -2.26. The van der Waals surface area contributed by atoms with E-state index in [1.54, 1.807) is 38.1 Å². The van der Waals surface area contributed by atoms with E-state index in [0.29, 0.717) is 22.5 Å². The summed E-state index contributed by atoms with van der Waals surface area (Å²) >= 11 is 0. The Labute approximate surface area is 156 Å². The van der Waals surface area contributed by atoms with E-state index in [0.717, 1.165) is 5.56 Å². The summed E-state index contributed by atoms with van der Waals surface area (Å²) in [5, 5.41) is 0.358. The van der Waals surface area contributed by atoms with Gasteiger partial charge in [-0.2, -0.15) is 0 Å². The molecule has 0 aliphatic carbocycles. The van der Waals surface area contributed by atoms with Gasteiger partial charge in [-0.05, 0) is 50.6 Å². The number of hydrogen-bond donors (Lipinski definition) is 0. The van der Waals surface area contributed by atoms with Gasteiger partial charge in [0.15, 0.2) is 6.10 Å². The summed E-state index contributed by atoms with van der Waals surface area (Å²) in [6.07, 6.45) is 0.504. The molecule has 3 rings (SSSR count). The predicted molar refractivity (Wildman–Crippen MR) is 100 cm³/mol. The highest BCUT2D eigenvalue weighted by atomic mass is 16.6. The van der Waals surface area contributed by atoms with Gasteiger partial charge in [-0.1, -0.05) is 12.1 Å². The average molecular weight is 368 g/mol. The molecule has 1 heterocycles. The zero-order valence-electron chi connectivity index (χ0n) is 15.4. The SMILES string of the molecule is CCOC(=O)[C@@H](C)Oc1ccc2c(=O)c(Oc3cccc(C)c3)coc2c1. The number of fused-ring (bicyclic) bond motifs is 1. The molecule has 1 atom stereocenters. The van der Waals surface area contributed by atoms with Gasteiger partial charge >= 0.3 is 5.97 Å². The Hall–Kier alpha value is -3.28. The zero-order valence-corrected chi connectivity index (χ0v) is 15.4. The van der Waals surface area contributed by atoms with Crippen LogP contribution in [0.4, 0.5) is 0 Å². The fraction of sp³-hybridized carbons (Fsp3) is 0.238. The Morgan fingerprint density at radius 2 is 1.96 bits per heavy atom. The molecule has 6 heteroatoms. The molecule has 3 aromatic rings. The van der Waals surface area contributed by atoms with Crippen molar-refractivity contribution in [1.82, 2.24) is 0 Å². The second-order valence-corrected chi connectivity index (χ2v) is 6.02. The molecule has 0 aliphatic heterocycles. The van der Waals surface area contributed by atoms with Gasteiger partial charge in [0.25, 0.3) is 0 Å². The Bertz CT molecular complexity index is 1020. The third-order valence-corrected chi connectivity index (χ3v) is 3.86. The van der Waals surface area contributed by atoms with Crippen molar-refractivity contribution in [3.05, 3.63) is 64.5 Å². The van der Waals surface area contributed by atoms with E-state index in [1.807, 2.05) is 25.1 Å². The van der Waals surface area contributed by atoms with Crippen molar-refractivity contribution in [3.8, 4) is 17.2 Å². The standard InChI is InChI=1S/C21H20O6/c1-4-24-21(23)14(3)26-16-8-9-17-18(11-16)25-12-19(20(17)22)27-15-7-5-6-13(2)10-15/h5-12,14H,4H2,1-3H3/t14-/m1/s1. The molecule has 0 spiro atoms. The minimum Gasteiger partial charge on any atom is -0.479 e.